The van der Waals surface area contributed by atoms with Gasteiger partial charge in [0.15, 0.2) is 23.2 Å². The molecule has 1 unspecified atom stereocenters. The average molecular weight is 915 g/mol. The molecule has 19 nitrogen and oxygen atoms in total. The maximum atomic E-state index is 13.2. The molecule has 2 bridgehead atoms. The van der Waals surface area contributed by atoms with Crippen LogP contribution in [0.3, 0.4) is 0 Å². The van der Waals surface area contributed by atoms with E-state index in [0.29, 0.717) is 41.9 Å². The van der Waals surface area contributed by atoms with Gasteiger partial charge >= 0.3 is 5.97 Å². The van der Waals surface area contributed by atoms with E-state index >= 15 is 0 Å². The highest BCUT2D eigenvalue weighted by atomic mass is 16.7. The van der Waals surface area contributed by atoms with Gasteiger partial charge in [0.05, 0.1) is 24.8 Å². The molecule has 10 N–H and O–H groups in total. The van der Waals surface area contributed by atoms with Crippen LogP contribution >= 0.6 is 0 Å². The maximum absolute atomic E-state index is 13.2. The number of phenols is 2. The first-order valence-electron chi connectivity index (χ1n) is 21.3. The van der Waals surface area contributed by atoms with Crippen LogP contribution in [0, 0.1) is 11.3 Å². The van der Waals surface area contributed by atoms with E-state index in [9.17, 15) is 40.5 Å². The van der Waals surface area contributed by atoms with Crippen molar-refractivity contribution >= 4 is 41.1 Å². The summed E-state index contributed by atoms with van der Waals surface area (Å²) in [4.78, 5) is 29.7. The lowest BCUT2D eigenvalue weighted by molar-refractivity contribution is -0.338. The molecule has 0 saturated carbocycles. The fourth-order valence-electron chi connectivity index (χ4n) is 9.03. The smallest absolute Gasteiger partial charge is 0.336 e. The van der Waals surface area contributed by atoms with Gasteiger partial charge in [-0.3, -0.25) is 10.4 Å². The summed E-state index contributed by atoms with van der Waals surface area (Å²) in [5.74, 6) is -4.21. The number of aryl methyl sites for hydroxylation is 1. The number of fused-ring (bicyclic) bond motifs is 3. The predicted molar refractivity (Wildman–Crippen MR) is 242 cm³/mol. The van der Waals surface area contributed by atoms with Crippen molar-refractivity contribution < 1.29 is 64.2 Å². The molecule has 1 aromatic heterocycles. The number of carboxylic acid groups (broad SMARTS) is 1. The number of nitrogens with one attached hydrogen (secondary N) is 1. The van der Waals surface area contributed by atoms with Crippen LogP contribution < -0.4 is 24.7 Å². The SMILES string of the molecule is CCc1cc(O)cc(COc2c(O[C@@H]3O[C@H](C(=O)O)[C@]4(O)[C@@H](C5=NC=NC5)C(Cc5ccnc(N)c5)=C[C@@]3(O)[C@@H]4O)cc3c(c2O)C(O)=CC(c2ccc(OCCC4=NC(=N)C=C4)cc2)O3)c1. The van der Waals surface area contributed by atoms with E-state index in [-0.39, 0.29) is 59.6 Å². The number of aromatic nitrogens is 1. The molecule has 0 radical (unpaired) electrons. The van der Waals surface area contributed by atoms with Gasteiger partial charge in [0.2, 0.25) is 12.0 Å². The van der Waals surface area contributed by atoms with E-state index < -0.39 is 70.7 Å². The number of aromatic hydroxyl groups is 2. The number of hydrogen-bond acceptors (Lipinski definition) is 17. The Morgan fingerprint density at radius 1 is 1.00 bits per heavy atom. The predicted octanol–water partition coefficient (Wildman–Crippen LogP) is 4.30. The minimum atomic E-state index is -2.75. The van der Waals surface area contributed by atoms with Gasteiger partial charge in [-0.05, 0) is 89.7 Å². The highest BCUT2D eigenvalue weighted by Gasteiger charge is 2.71. The zero-order chi connectivity index (χ0) is 47.2. The summed E-state index contributed by atoms with van der Waals surface area (Å²) in [6.45, 7) is 1.89. The van der Waals surface area contributed by atoms with Crippen molar-refractivity contribution in [3.05, 3.63) is 125 Å². The summed E-state index contributed by atoms with van der Waals surface area (Å²) in [6.07, 6.45) is 2.10. The van der Waals surface area contributed by atoms with Crippen LogP contribution in [0.2, 0.25) is 0 Å². The minimum absolute atomic E-state index is 0.0297. The molecule has 0 amide bonds. The lowest BCUT2D eigenvalue weighted by atomic mass is 9.60. The average Bonchev–Trinajstić information content (AvgIpc) is 3.98. The zero-order valence-corrected chi connectivity index (χ0v) is 35.8. The topological polar surface area (TPSA) is 305 Å². The van der Waals surface area contributed by atoms with Crippen LogP contribution in [0.1, 0.15) is 47.3 Å². The van der Waals surface area contributed by atoms with Crippen LogP contribution in [-0.4, -0.2) is 113 Å². The van der Waals surface area contributed by atoms with E-state index in [2.05, 4.69) is 20.0 Å². The number of benzene rings is 3. The normalized spacial score (nSPS) is 25.9. The van der Waals surface area contributed by atoms with Crippen molar-refractivity contribution in [1.29, 1.82) is 5.41 Å². The number of rotatable bonds is 15. The standard InChI is InChI=1S/C48H46N6O13/c1-2-24-13-26(16-30(55)15-24)22-64-42-36(19-35-39(41(42)57)33(56)18-34(65-35)27-3-6-31(7-4-27)63-12-10-29-5-8-37(49)54-29)66-46-47(61)20-28(14-25-9-11-52-38(50)17-25)40(32-21-51-23-53-32)48(62,45(47)60)43(67-46)44(58)59/h3-9,11,13,15-20,23,34,40,43,45-46,49,55-57,60-62H,2,10,12,14,21-22H2,1H3,(H2,50,52)(H,58,59)/t34?,40-,43-,45+,46-,47-,48-/m1/s1. The first-order valence-corrected chi connectivity index (χ1v) is 21.3. The van der Waals surface area contributed by atoms with Gasteiger partial charge in [0.25, 0.3) is 0 Å². The van der Waals surface area contributed by atoms with E-state index in [0.717, 1.165) is 11.3 Å². The molecule has 1 aliphatic carbocycles. The summed E-state index contributed by atoms with van der Waals surface area (Å²) in [7, 11) is 0. The molecule has 19 heteroatoms. The van der Waals surface area contributed by atoms with Crippen LogP contribution in [0.4, 0.5) is 5.82 Å². The summed E-state index contributed by atoms with van der Waals surface area (Å²) < 4.78 is 30.7. The number of nitrogens with two attached hydrogens (primary N) is 1. The van der Waals surface area contributed by atoms with Crippen LogP contribution in [0.25, 0.3) is 5.76 Å². The van der Waals surface area contributed by atoms with Gasteiger partial charge in [-0.2, -0.15) is 0 Å². The fraction of sp³-hybridized carbons (Fsp3) is 0.292. The second kappa shape index (κ2) is 17.7. The molecule has 5 heterocycles. The van der Waals surface area contributed by atoms with Gasteiger partial charge in [0.1, 0.15) is 71.0 Å². The Kier molecular flexibility index (Phi) is 11.8. The van der Waals surface area contributed by atoms with Gasteiger partial charge in [0, 0.05) is 30.5 Å². The Morgan fingerprint density at radius 2 is 1.79 bits per heavy atom. The number of pyridine rings is 1. The molecular weight excluding hydrogens is 869 g/mol. The molecule has 346 valence electrons. The van der Waals surface area contributed by atoms with Crippen molar-refractivity contribution in [3.63, 3.8) is 0 Å². The van der Waals surface area contributed by atoms with Crippen molar-refractivity contribution in [2.75, 3.05) is 18.9 Å². The fourth-order valence-corrected chi connectivity index (χ4v) is 9.03. The maximum Gasteiger partial charge on any atom is 0.336 e. The second-order valence-corrected chi connectivity index (χ2v) is 16.6. The highest BCUT2D eigenvalue weighted by molar-refractivity contribution is 6.14. The van der Waals surface area contributed by atoms with Gasteiger partial charge in [-0.15, -0.1) is 0 Å². The van der Waals surface area contributed by atoms with Crippen LogP contribution in [0.5, 0.6) is 34.5 Å². The number of anilines is 1. The number of amidine groups is 1. The summed E-state index contributed by atoms with van der Waals surface area (Å²) >= 11 is 0. The number of nitrogens with zero attached hydrogens (tertiary/aromatic N) is 4. The number of aliphatic hydroxyl groups is 4. The number of phenolic OH excluding ortho intramolecular Hbond substituents is 2. The highest BCUT2D eigenvalue weighted by Crippen LogP contribution is 2.54. The second-order valence-electron chi connectivity index (χ2n) is 16.6. The summed E-state index contributed by atoms with van der Waals surface area (Å²) in [5.41, 5.74) is 3.91. The number of aliphatic hydroxyl groups excluding tert-OH is 2. The Bertz CT molecular complexity index is 2840. The lowest BCUT2D eigenvalue weighted by Gasteiger charge is -2.57. The van der Waals surface area contributed by atoms with Gasteiger partial charge < -0.3 is 65.2 Å². The number of nitrogen functional groups attached to an aromatic ring is 1. The van der Waals surface area contributed by atoms with Crippen molar-refractivity contribution in [3.8, 4) is 34.5 Å². The summed E-state index contributed by atoms with van der Waals surface area (Å²) in [6, 6.07) is 16.1. The van der Waals surface area contributed by atoms with Crippen molar-refractivity contribution in [2.45, 2.75) is 68.6 Å². The number of carboxylic acids is 1. The third kappa shape index (κ3) is 8.44. The molecular formula is C48H46N6O13. The number of aliphatic imine (C=N–C) groups is 3. The third-order valence-electron chi connectivity index (χ3n) is 12.2. The number of aliphatic carboxylic acids is 1. The number of carbonyl (C=O) groups is 1. The third-order valence-corrected chi connectivity index (χ3v) is 12.2. The first-order chi connectivity index (χ1) is 32.1. The van der Waals surface area contributed by atoms with E-state index in [1.165, 1.54) is 36.8 Å². The largest absolute Gasteiger partial charge is 0.508 e. The first kappa shape index (κ1) is 44.6. The molecule has 1 saturated heterocycles. The molecule has 4 aliphatic heterocycles. The molecule has 3 aromatic carbocycles. The summed E-state index contributed by atoms with van der Waals surface area (Å²) in [5, 5.41) is 89.4. The van der Waals surface area contributed by atoms with Crippen LogP contribution in [-0.2, 0) is 29.0 Å². The quantitative estimate of drug-likeness (QED) is 0.0751. The Labute approximate surface area is 382 Å². The monoisotopic (exact) mass is 914 g/mol. The zero-order valence-electron chi connectivity index (χ0n) is 35.8. The van der Waals surface area contributed by atoms with Crippen LogP contribution in [0.15, 0.2) is 112 Å². The number of allylic oxidation sites excluding steroid dienone is 1. The molecule has 67 heavy (non-hydrogen) atoms. The molecule has 1 fully saturated rings. The number of ether oxygens (including phenoxy) is 5. The van der Waals surface area contributed by atoms with E-state index in [1.54, 1.807) is 60.7 Å². The molecule has 7 atom stereocenters. The molecule has 4 aromatic rings. The minimum Gasteiger partial charge on any atom is -0.508 e. The number of hydrogen-bond donors (Lipinski definition) is 9. The van der Waals surface area contributed by atoms with Gasteiger partial charge in [-0.25, -0.2) is 19.8 Å². The Hall–Kier alpha value is -7.58. The van der Waals surface area contributed by atoms with E-state index in [4.69, 9.17) is 34.8 Å². The van der Waals surface area contributed by atoms with Gasteiger partial charge in [-0.1, -0.05) is 30.7 Å². The van der Waals surface area contributed by atoms with Crippen molar-refractivity contribution in [1.82, 2.24) is 4.98 Å². The molecule has 9 rings (SSSR count). The Morgan fingerprint density at radius 3 is 2.49 bits per heavy atom. The van der Waals surface area contributed by atoms with E-state index in [1.807, 2.05) is 6.92 Å². The molecule has 5 aliphatic rings. The lowest BCUT2D eigenvalue weighted by Crippen LogP contribution is -2.79. The molecule has 0 spiro atoms. The Balaban J connectivity index is 1.09. The van der Waals surface area contributed by atoms with Crippen molar-refractivity contribution in [2.24, 2.45) is 20.9 Å².